The number of carbonyl (C=O) groups excluding carboxylic acids is 2. The van der Waals surface area contributed by atoms with Crippen LogP contribution in [0.5, 0.6) is 0 Å². The van der Waals surface area contributed by atoms with Crippen LogP contribution in [0, 0.1) is 0 Å². The molecule has 86 valence electrons. The highest BCUT2D eigenvalue weighted by molar-refractivity contribution is 5.73. The molecule has 1 unspecified atom stereocenters. The second-order valence-electron chi connectivity index (χ2n) is 3.33. The van der Waals surface area contributed by atoms with Gasteiger partial charge in [0.25, 0.3) is 0 Å². The second kappa shape index (κ2) is 7.05. The standard InChI is InChI=1S/C9H17N3O3/c13-7-10-4-2-5-11-9(14)12-8-3-1-6-15-8/h7-8H,1-6H2,(H,10,13)(H2,11,12,14). The van der Waals surface area contributed by atoms with Crippen LogP contribution < -0.4 is 16.0 Å². The number of nitrogens with one attached hydrogen (secondary N) is 3. The summed E-state index contributed by atoms with van der Waals surface area (Å²) in [4.78, 5) is 21.1. The van der Waals surface area contributed by atoms with Crippen LogP contribution in [-0.2, 0) is 9.53 Å². The third kappa shape index (κ3) is 5.21. The van der Waals surface area contributed by atoms with E-state index in [1.807, 2.05) is 0 Å². The summed E-state index contributed by atoms with van der Waals surface area (Å²) >= 11 is 0. The zero-order valence-corrected chi connectivity index (χ0v) is 8.62. The van der Waals surface area contributed by atoms with E-state index in [2.05, 4.69) is 16.0 Å². The highest BCUT2D eigenvalue weighted by Crippen LogP contribution is 2.08. The molecule has 0 aromatic carbocycles. The smallest absolute Gasteiger partial charge is 0.316 e. The van der Waals surface area contributed by atoms with Gasteiger partial charge in [0.1, 0.15) is 6.23 Å². The molecule has 0 radical (unpaired) electrons. The Balaban J connectivity index is 1.95. The van der Waals surface area contributed by atoms with Gasteiger partial charge in [0.2, 0.25) is 6.41 Å². The SMILES string of the molecule is O=CNCCCNC(=O)NC1CCCO1. The van der Waals surface area contributed by atoms with E-state index in [0.717, 1.165) is 19.3 Å². The van der Waals surface area contributed by atoms with Gasteiger partial charge in [-0.3, -0.25) is 4.79 Å². The molecule has 0 aromatic heterocycles. The van der Waals surface area contributed by atoms with Crippen molar-refractivity contribution in [1.82, 2.24) is 16.0 Å². The van der Waals surface area contributed by atoms with Gasteiger partial charge in [0.15, 0.2) is 0 Å². The number of urea groups is 1. The number of ether oxygens (including phenoxy) is 1. The van der Waals surface area contributed by atoms with Gasteiger partial charge in [-0.1, -0.05) is 0 Å². The van der Waals surface area contributed by atoms with Gasteiger partial charge in [-0.25, -0.2) is 4.79 Å². The molecule has 1 aliphatic rings. The molecule has 1 atom stereocenters. The Morgan fingerprint density at radius 3 is 3.00 bits per heavy atom. The van der Waals surface area contributed by atoms with Crippen molar-refractivity contribution in [3.8, 4) is 0 Å². The lowest BCUT2D eigenvalue weighted by molar-refractivity contribution is -0.109. The molecule has 1 rings (SSSR count). The van der Waals surface area contributed by atoms with Gasteiger partial charge in [0, 0.05) is 19.7 Å². The molecule has 1 fully saturated rings. The van der Waals surface area contributed by atoms with Gasteiger partial charge in [-0.2, -0.15) is 0 Å². The molecule has 3 amide bonds. The minimum Gasteiger partial charge on any atom is -0.359 e. The predicted octanol–water partition coefficient (Wildman–Crippen LogP) is -0.442. The van der Waals surface area contributed by atoms with E-state index in [-0.39, 0.29) is 12.3 Å². The lowest BCUT2D eigenvalue weighted by atomic mass is 10.3. The zero-order valence-electron chi connectivity index (χ0n) is 8.62. The Kier molecular flexibility index (Phi) is 5.54. The Labute approximate surface area is 88.7 Å². The highest BCUT2D eigenvalue weighted by atomic mass is 16.5. The summed E-state index contributed by atoms with van der Waals surface area (Å²) in [6.07, 6.45) is 3.09. The maximum absolute atomic E-state index is 11.2. The zero-order chi connectivity index (χ0) is 10.9. The van der Waals surface area contributed by atoms with Crippen molar-refractivity contribution >= 4 is 12.4 Å². The van der Waals surface area contributed by atoms with Crippen molar-refractivity contribution in [3.05, 3.63) is 0 Å². The fourth-order valence-electron chi connectivity index (χ4n) is 1.34. The molecular formula is C9H17N3O3. The number of hydrogen-bond donors (Lipinski definition) is 3. The summed E-state index contributed by atoms with van der Waals surface area (Å²) in [7, 11) is 0. The minimum atomic E-state index is -0.215. The molecule has 3 N–H and O–H groups in total. The van der Waals surface area contributed by atoms with Crippen LogP contribution in [0.3, 0.4) is 0 Å². The van der Waals surface area contributed by atoms with Crippen LogP contribution >= 0.6 is 0 Å². The van der Waals surface area contributed by atoms with Gasteiger partial charge >= 0.3 is 6.03 Å². The first kappa shape index (κ1) is 11.8. The molecule has 1 saturated heterocycles. The topological polar surface area (TPSA) is 79.5 Å². The van der Waals surface area contributed by atoms with Crippen LogP contribution in [0.25, 0.3) is 0 Å². The fraction of sp³-hybridized carbons (Fsp3) is 0.778. The molecule has 0 bridgehead atoms. The Morgan fingerprint density at radius 2 is 2.33 bits per heavy atom. The average Bonchev–Trinajstić information content (AvgIpc) is 2.70. The van der Waals surface area contributed by atoms with Crippen molar-refractivity contribution in [2.75, 3.05) is 19.7 Å². The molecule has 0 aromatic rings. The third-order valence-corrected chi connectivity index (χ3v) is 2.09. The Hall–Kier alpha value is -1.30. The van der Waals surface area contributed by atoms with Crippen molar-refractivity contribution in [1.29, 1.82) is 0 Å². The third-order valence-electron chi connectivity index (χ3n) is 2.09. The molecule has 15 heavy (non-hydrogen) atoms. The molecule has 0 saturated carbocycles. The minimum absolute atomic E-state index is 0.141. The van der Waals surface area contributed by atoms with Gasteiger partial charge in [0.05, 0.1) is 0 Å². The summed E-state index contributed by atoms with van der Waals surface area (Å²) in [5, 5.41) is 7.91. The second-order valence-corrected chi connectivity index (χ2v) is 3.33. The first-order valence-electron chi connectivity index (χ1n) is 5.16. The van der Waals surface area contributed by atoms with E-state index in [1.165, 1.54) is 0 Å². The van der Waals surface area contributed by atoms with Gasteiger partial charge in [-0.05, 0) is 19.3 Å². The summed E-state index contributed by atoms with van der Waals surface area (Å²) in [6, 6.07) is -0.215. The number of carbonyl (C=O) groups is 2. The van der Waals surface area contributed by atoms with E-state index < -0.39 is 0 Å². The molecule has 6 nitrogen and oxygen atoms in total. The molecule has 1 heterocycles. The first-order valence-corrected chi connectivity index (χ1v) is 5.16. The van der Waals surface area contributed by atoms with Crippen molar-refractivity contribution < 1.29 is 14.3 Å². The van der Waals surface area contributed by atoms with E-state index >= 15 is 0 Å². The van der Waals surface area contributed by atoms with Crippen LogP contribution in [0.2, 0.25) is 0 Å². The lowest BCUT2D eigenvalue weighted by Crippen LogP contribution is -2.42. The normalized spacial score (nSPS) is 19.6. The van der Waals surface area contributed by atoms with Gasteiger partial charge in [-0.15, -0.1) is 0 Å². The van der Waals surface area contributed by atoms with Crippen molar-refractivity contribution in [2.45, 2.75) is 25.5 Å². The quantitative estimate of drug-likeness (QED) is 0.415. The van der Waals surface area contributed by atoms with E-state index in [9.17, 15) is 9.59 Å². The fourth-order valence-corrected chi connectivity index (χ4v) is 1.34. The number of rotatable bonds is 6. The predicted molar refractivity (Wildman–Crippen MR) is 54.2 cm³/mol. The molecule has 1 aliphatic heterocycles. The Bertz CT molecular complexity index is 205. The molecule has 0 aliphatic carbocycles. The van der Waals surface area contributed by atoms with E-state index in [1.54, 1.807) is 0 Å². The summed E-state index contributed by atoms with van der Waals surface area (Å²) in [6.45, 7) is 1.83. The molecular weight excluding hydrogens is 198 g/mol. The van der Waals surface area contributed by atoms with Crippen LogP contribution in [-0.4, -0.2) is 38.4 Å². The van der Waals surface area contributed by atoms with Gasteiger partial charge < -0.3 is 20.7 Å². The van der Waals surface area contributed by atoms with Crippen molar-refractivity contribution in [2.24, 2.45) is 0 Å². The largest absolute Gasteiger partial charge is 0.359 e. The van der Waals surface area contributed by atoms with Crippen LogP contribution in [0.4, 0.5) is 4.79 Å². The Morgan fingerprint density at radius 1 is 1.47 bits per heavy atom. The molecule has 6 heteroatoms. The summed E-state index contributed by atoms with van der Waals surface area (Å²) in [5.74, 6) is 0. The maximum atomic E-state index is 11.2. The lowest BCUT2D eigenvalue weighted by Gasteiger charge is -2.12. The van der Waals surface area contributed by atoms with E-state index in [0.29, 0.717) is 26.1 Å². The number of hydrogen-bond acceptors (Lipinski definition) is 3. The summed E-state index contributed by atoms with van der Waals surface area (Å²) < 4.78 is 5.24. The van der Waals surface area contributed by atoms with E-state index in [4.69, 9.17) is 4.74 Å². The highest BCUT2D eigenvalue weighted by Gasteiger charge is 2.16. The van der Waals surface area contributed by atoms with Crippen LogP contribution in [0.1, 0.15) is 19.3 Å². The number of amides is 3. The summed E-state index contributed by atoms with van der Waals surface area (Å²) in [5.41, 5.74) is 0. The maximum Gasteiger partial charge on any atom is 0.316 e. The monoisotopic (exact) mass is 215 g/mol. The molecule has 0 spiro atoms. The first-order chi connectivity index (χ1) is 7.33. The average molecular weight is 215 g/mol. The van der Waals surface area contributed by atoms with Crippen LogP contribution in [0.15, 0.2) is 0 Å². The van der Waals surface area contributed by atoms with Crippen molar-refractivity contribution in [3.63, 3.8) is 0 Å².